The Morgan fingerprint density at radius 1 is 1.46 bits per heavy atom. The average Bonchev–Trinajstić information content (AvgIpc) is 3.47. The van der Waals surface area contributed by atoms with Gasteiger partial charge >= 0.3 is 0 Å². The first-order valence-corrected chi connectivity index (χ1v) is 8.26. The Kier molecular flexibility index (Phi) is 5.16. The van der Waals surface area contributed by atoms with E-state index >= 15 is 0 Å². The molecule has 1 amide bonds. The van der Waals surface area contributed by atoms with Crippen LogP contribution < -0.4 is 11.1 Å². The number of aromatic hydroxyl groups is 1. The summed E-state index contributed by atoms with van der Waals surface area (Å²) in [4.78, 5) is 12.0. The number of hydrogen-bond acceptors (Lipinski definition) is 6. The highest BCUT2D eigenvalue weighted by Gasteiger charge is 2.29. The van der Waals surface area contributed by atoms with Gasteiger partial charge in [-0.25, -0.2) is 0 Å². The zero-order chi connectivity index (χ0) is 18.7. The fourth-order valence-corrected chi connectivity index (χ4v) is 2.68. The predicted molar refractivity (Wildman–Crippen MR) is 97.5 cm³/mol. The lowest BCUT2D eigenvalue weighted by Gasteiger charge is -2.13. The first kappa shape index (κ1) is 17.9. The molecule has 4 N–H and O–H groups in total. The van der Waals surface area contributed by atoms with Crippen LogP contribution in [-0.4, -0.2) is 41.0 Å². The lowest BCUT2D eigenvalue weighted by atomic mass is 10.0. The molecule has 0 aliphatic heterocycles. The maximum atomic E-state index is 12.0. The van der Waals surface area contributed by atoms with Crippen molar-refractivity contribution in [1.29, 1.82) is 0 Å². The van der Waals surface area contributed by atoms with Gasteiger partial charge in [0, 0.05) is 18.2 Å². The van der Waals surface area contributed by atoms with Crippen molar-refractivity contribution in [3.63, 3.8) is 0 Å². The minimum absolute atomic E-state index is 0.0514. The molecular weight excluding hydrogens is 332 g/mol. The van der Waals surface area contributed by atoms with E-state index in [9.17, 15) is 9.90 Å². The third-order valence-corrected chi connectivity index (χ3v) is 4.19. The number of rotatable bonds is 6. The van der Waals surface area contributed by atoms with Crippen molar-refractivity contribution < 1.29 is 14.6 Å². The van der Waals surface area contributed by atoms with Gasteiger partial charge in [0.05, 0.1) is 6.61 Å². The second-order valence-electron chi connectivity index (χ2n) is 6.24. The molecule has 0 unspecified atom stereocenters. The molecule has 1 fully saturated rings. The van der Waals surface area contributed by atoms with E-state index in [0.29, 0.717) is 28.6 Å². The molecule has 0 spiro atoms. The molecule has 7 heteroatoms. The number of ether oxygens (including phenoxy) is 1. The van der Waals surface area contributed by atoms with Gasteiger partial charge in [0.15, 0.2) is 5.82 Å². The fourth-order valence-electron chi connectivity index (χ4n) is 2.68. The van der Waals surface area contributed by atoms with Gasteiger partial charge in [-0.3, -0.25) is 4.79 Å². The number of methoxy groups -OCH3 is 1. The van der Waals surface area contributed by atoms with Crippen molar-refractivity contribution >= 4 is 11.7 Å². The van der Waals surface area contributed by atoms with Gasteiger partial charge in [-0.15, -0.1) is 16.6 Å². The molecule has 0 bridgehead atoms. The summed E-state index contributed by atoms with van der Waals surface area (Å²) in [6, 6.07) is 5.99. The topological polar surface area (TPSA) is 110 Å². The van der Waals surface area contributed by atoms with E-state index < -0.39 is 11.9 Å². The lowest BCUT2D eigenvalue weighted by molar-refractivity contribution is -0.118. The maximum absolute atomic E-state index is 12.0. The number of carbonyl (C=O) groups excluding carboxylic acids is 1. The molecule has 26 heavy (non-hydrogen) atoms. The first-order valence-electron chi connectivity index (χ1n) is 8.26. The molecule has 0 radical (unpaired) electrons. The molecule has 1 aliphatic carbocycles. The van der Waals surface area contributed by atoms with Crippen molar-refractivity contribution in [1.82, 2.24) is 10.2 Å². The molecule has 1 heterocycles. The molecule has 7 nitrogen and oxygen atoms in total. The van der Waals surface area contributed by atoms with E-state index in [1.54, 1.807) is 18.2 Å². The van der Waals surface area contributed by atoms with E-state index in [-0.39, 0.29) is 12.4 Å². The second-order valence-corrected chi connectivity index (χ2v) is 6.24. The molecule has 1 atom stereocenters. The highest BCUT2D eigenvalue weighted by atomic mass is 16.5. The van der Waals surface area contributed by atoms with Crippen molar-refractivity contribution in [2.75, 3.05) is 19.0 Å². The largest absolute Gasteiger partial charge is 0.507 e. The quantitative estimate of drug-likeness (QED) is 0.682. The third kappa shape index (κ3) is 3.82. The molecule has 1 aromatic carbocycles. The molecule has 134 valence electrons. The second kappa shape index (κ2) is 7.52. The lowest BCUT2D eigenvalue weighted by Crippen LogP contribution is -2.39. The molecule has 1 aliphatic rings. The first-order chi connectivity index (χ1) is 12.5. The number of nitrogens with zero attached hydrogens (tertiary/aromatic N) is 2. The van der Waals surface area contributed by atoms with E-state index in [4.69, 9.17) is 16.9 Å². The van der Waals surface area contributed by atoms with Gasteiger partial charge in [0.2, 0.25) is 5.91 Å². The number of phenolic OH excluding ortho intramolecular Hbond substituents is 1. The van der Waals surface area contributed by atoms with Gasteiger partial charge in [-0.2, -0.15) is 0 Å². The highest BCUT2D eigenvalue weighted by molar-refractivity contribution is 5.94. The summed E-state index contributed by atoms with van der Waals surface area (Å²) in [6.45, 7) is 0.113. The van der Waals surface area contributed by atoms with Crippen LogP contribution in [0.5, 0.6) is 5.75 Å². The maximum Gasteiger partial charge on any atom is 0.244 e. The summed E-state index contributed by atoms with van der Waals surface area (Å²) in [5.41, 5.74) is 8.39. The van der Waals surface area contributed by atoms with Crippen LogP contribution in [0.25, 0.3) is 11.3 Å². The van der Waals surface area contributed by atoms with E-state index in [0.717, 1.165) is 18.4 Å². The number of nitrogens with two attached hydrogens (primary N) is 1. The molecule has 2 aromatic rings. The number of hydrogen-bond donors (Lipinski definition) is 3. The highest BCUT2D eigenvalue weighted by Crippen LogP contribution is 2.45. The SMILES string of the molecule is C#Cc1ccc(-c2nnc(NC(=O)[C@H](N)COC)cc2C2CC2)c(O)c1. The van der Waals surface area contributed by atoms with Crippen LogP contribution in [-0.2, 0) is 9.53 Å². The zero-order valence-electron chi connectivity index (χ0n) is 14.4. The summed E-state index contributed by atoms with van der Waals surface area (Å²) < 4.78 is 4.88. The van der Waals surface area contributed by atoms with Gasteiger partial charge in [0.25, 0.3) is 0 Å². The molecule has 0 saturated heterocycles. The van der Waals surface area contributed by atoms with Gasteiger partial charge in [-0.05, 0) is 48.6 Å². The average molecular weight is 352 g/mol. The number of terminal acetylenes is 1. The summed E-state index contributed by atoms with van der Waals surface area (Å²) in [5.74, 6) is 2.80. The van der Waals surface area contributed by atoms with Crippen LogP contribution >= 0.6 is 0 Å². The van der Waals surface area contributed by atoms with Crippen molar-refractivity contribution in [2.24, 2.45) is 5.73 Å². The fraction of sp³-hybridized carbons (Fsp3) is 0.316. The van der Waals surface area contributed by atoms with E-state index in [1.165, 1.54) is 13.2 Å². The van der Waals surface area contributed by atoms with E-state index in [1.807, 2.05) is 0 Å². The van der Waals surface area contributed by atoms with Crippen molar-refractivity contribution in [3.8, 4) is 29.4 Å². The Morgan fingerprint density at radius 3 is 2.85 bits per heavy atom. The van der Waals surface area contributed by atoms with E-state index in [2.05, 4.69) is 21.4 Å². The standard InChI is InChI=1S/C19H20N4O3/c1-3-11-4-7-13(16(24)8-11)18-14(12-5-6-12)9-17(22-23-18)21-19(25)15(20)10-26-2/h1,4,7-9,12,15,24H,5-6,10,20H2,2H3,(H,21,22,25)/t15-/m1/s1. The summed E-state index contributed by atoms with van der Waals surface area (Å²) >= 11 is 0. The molecule has 1 aromatic heterocycles. The number of anilines is 1. The number of nitrogens with one attached hydrogen (secondary N) is 1. The Hall–Kier alpha value is -2.95. The third-order valence-electron chi connectivity index (χ3n) is 4.19. The molecule has 1 saturated carbocycles. The van der Waals surface area contributed by atoms with Crippen LogP contribution in [0.2, 0.25) is 0 Å². The van der Waals surface area contributed by atoms with Crippen LogP contribution in [0, 0.1) is 12.3 Å². The number of phenols is 1. The van der Waals surface area contributed by atoms with Crippen LogP contribution in [0.1, 0.15) is 29.9 Å². The number of aromatic nitrogens is 2. The Labute approximate surface area is 151 Å². The number of amides is 1. The number of carbonyl (C=O) groups is 1. The molecule has 3 rings (SSSR count). The van der Waals surface area contributed by atoms with Crippen LogP contribution in [0.15, 0.2) is 24.3 Å². The summed E-state index contributed by atoms with van der Waals surface area (Å²) in [6.07, 6.45) is 7.41. The molecular formula is C19H20N4O3. The smallest absolute Gasteiger partial charge is 0.244 e. The Morgan fingerprint density at radius 2 is 2.23 bits per heavy atom. The van der Waals surface area contributed by atoms with Crippen LogP contribution in [0.4, 0.5) is 5.82 Å². The minimum atomic E-state index is -0.786. The monoisotopic (exact) mass is 352 g/mol. The Balaban J connectivity index is 1.91. The van der Waals surface area contributed by atoms with Gasteiger partial charge < -0.3 is 20.9 Å². The van der Waals surface area contributed by atoms with Crippen molar-refractivity contribution in [3.05, 3.63) is 35.4 Å². The summed E-state index contributed by atoms with van der Waals surface area (Å²) in [7, 11) is 1.48. The normalized spacial score (nSPS) is 14.5. The van der Waals surface area contributed by atoms with Gasteiger partial charge in [-0.1, -0.05) is 5.92 Å². The van der Waals surface area contributed by atoms with Crippen LogP contribution in [0.3, 0.4) is 0 Å². The zero-order valence-corrected chi connectivity index (χ0v) is 14.4. The Bertz CT molecular complexity index is 872. The van der Waals surface area contributed by atoms with Crippen molar-refractivity contribution in [2.45, 2.75) is 24.8 Å². The number of benzene rings is 1. The predicted octanol–water partition coefficient (Wildman–Crippen LogP) is 1.62. The van der Waals surface area contributed by atoms with Gasteiger partial charge in [0.1, 0.15) is 17.5 Å². The summed E-state index contributed by atoms with van der Waals surface area (Å²) in [5, 5.41) is 21.2. The minimum Gasteiger partial charge on any atom is -0.507 e.